The number of likely N-dealkylation sites (N-methyl/N-ethyl adjacent to an activating group) is 1. The largest absolute Gasteiger partial charge is 0.468 e. The molecular formula is C28H39NO6. The van der Waals surface area contributed by atoms with E-state index in [2.05, 4.69) is 11.9 Å². The Hall–Kier alpha value is -2.74. The Kier molecular flexibility index (Phi) is 10.9. The molecule has 35 heavy (non-hydrogen) atoms. The average Bonchev–Trinajstić information content (AvgIpc) is 2.88. The van der Waals surface area contributed by atoms with Crippen molar-refractivity contribution in [1.82, 2.24) is 4.90 Å². The van der Waals surface area contributed by atoms with Gasteiger partial charge in [0.2, 0.25) is 0 Å². The number of nitrogens with zero attached hydrogens (tertiary/aromatic N) is 1. The number of aliphatic hydroxyl groups excluding tert-OH is 2. The van der Waals surface area contributed by atoms with E-state index in [0.29, 0.717) is 23.1 Å². The minimum atomic E-state index is -0.850. The fourth-order valence-electron chi connectivity index (χ4n) is 4.59. The first-order chi connectivity index (χ1) is 16.7. The van der Waals surface area contributed by atoms with Gasteiger partial charge in [0.05, 0.1) is 38.4 Å². The van der Waals surface area contributed by atoms with Crippen LogP contribution in [0, 0.1) is 5.92 Å². The van der Waals surface area contributed by atoms with E-state index in [1.807, 2.05) is 38.1 Å². The molecule has 1 unspecified atom stereocenters. The SMILES string of the molecule is COC(=O)c1ccc(CCN(C)CCCC(C(=O)OC)(c2ccc(CO)c(CO)c2)C(C)C)cc1. The summed E-state index contributed by atoms with van der Waals surface area (Å²) < 4.78 is 10.0. The molecule has 0 aliphatic heterocycles. The van der Waals surface area contributed by atoms with Crippen molar-refractivity contribution in [3.05, 3.63) is 70.3 Å². The summed E-state index contributed by atoms with van der Waals surface area (Å²) in [7, 11) is 4.83. The van der Waals surface area contributed by atoms with Crippen molar-refractivity contribution >= 4 is 11.9 Å². The number of aliphatic hydroxyl groups is 2. The zero-order valence-electron chi connectivity index (χ0n) is 21.5. The maximum atomic E-state index is 13.1. The number of methoxy groups -OCH3 is 2. The van der Waals surface area contributed by atoms with Crippen LogP contribution in [-0.4, -0.2) is 61.4 Å². The number of carbonyl (C=O) groups is 2. The van der Waals surface area contributed by atoms with Crippen LogP contribution in [0.15, 0.2) is 42.5 Å². The normalized spacial score (nSPS) is 13.1. The minimum absolute atomic E-state index is 0.0277. The van der Waals surface area contributed by atoms with Gasteiger partial charge in [-0.05, 0) is 73.2 Å². The molecule has 0 fully saturated rings. The van der Waals surface area contributed by atoms with Crippen LogP contribution >= 0.6 is 0 Å². The van der Waals surface area contributed by atoms with Gasteiger partial charge in [-0.3, -0.25) is 4.79 Å². The van der Waals surface area contributed by atoms with Gasteiger partial charge in [-0.15, -0.1) is 0 Å². The van der Waals surface area contributed by atoms with Crippen LogP contribution in [0.5, 0.6) is 0 Å². The number of rotatable bonds is 13. The molecule has 2 aromatic carbocycles. The summed E-state index contributed by atoms with van der Waals surface area (Å²) in [6.07, 6.45) is 2.22. The van der Waals surface area contributed by atoms with E-state index in [-0.39, 0.29) is 31.1 Å². The predicted octanol–water partition coefficient (Wildman–Crippen LogP) is 3.48. The number of ether oxygens (including phenoxy) is 2. The summed E-state index contributed by atoms with van der Waals surface area (Å²) in [4.78, 5) is 27.0. The van der Waals surface area contributed by atoms with E-state index in [9.17, 15) is 19.8 Å². The van der Waals surface area contributed by atoms with Gasteiger partial charge in [0.15, 0.2) is 0 Å². The molecule has 0 spiro atoms. The topological polar surface area (TPSA) is 96.3 Å². The fraction of sp³-hybridized carbons (Fsp3) is 0.500. The lowest BCUT2D eigenvalue weighted by molar-refractivity contribution is -0.150. The first kappa shape index (κ1) is 28.5. The molecule has 7 heteroatoms. The molecule has 0 bridgehead atoms. The molecule has 0 radical (unpaired) electrons. The van der Waals surface area contributed by atoms with Gasteiger partial charge in [0, 0.05) is 6.54 Å². The standard InChI is InChI=1S/C28H39NO6/c1-20(2)28(27(33)35-5,25-12-11-23(18-30)24(17-25)19-31)14-6-15-29(3)16-13-21-7-9-22(10-8-21)26(32)34-4/h7-12,17,20,30-31H,6,13-16,18-19H2,1-5H3. The van der Waals surface area contributed by atoms with Crippen LogP contribution < -0.4 is 0 Å². The number of benzene rings is 2. The van der Waals surface area contributed by atoms with Crippen LogP contribution in [0.25, 0.3) is 0 Å². The molecule has 2 N–H and O–H groups in total. The molecule has 0 aromatic heterocycles. The minimum Gasteiger partial charge on any atom is -0.468 e. The number of esters is 2. The second kappa shape index (κ2) is 13.4. The highest BCUT2D eigenvalue weighted by Gasteiger charge is 2.44. The van der Waals surface area contributed by atoms with Crippen LogP contribution in [0.4, 0.5) is 0 Å². The summed E-state index contributed by atoms with van der Waals surface area (Å²) in [5, 5.41) is 19.3. The lowest BCUT2D eigenvalue weighted by atomic mass is 9.68. The smallest absolute Gasteiger partial charge is 0.337 e. The molecule has 2 aromatic rings. The Morgan fingerprint density at radius 1 is 0.943 bits per heavy atom. The number of carbonyl (C=O) groups excluding carboxylic acids is 2. The number of hydrogen-bond acceptors (Lipinski definition) is 7. The van der Waals surface area contributed by atoms with Crippen molar-refractivity contribution in [1.29, 1.82) is 0 Å². The fourth-order valence-corrected chi connectivity index (χ4v) is 4.59. The summed E-state index contributed by atoms with van der Waals surface area (Å²) >= 11 is 0. The van der Waals surface area contributed by atoms with Gasteiger partial charge >= 0.3 is 11.9 Å². The van der Waals surface area contributed by atoms with E-state index in [1.165, 1.54) is 14.2 Å². The summed E-state index contributed by atoms with van der Waals surface area (Å²) in [5.74, 6) is -0.661. The second-order valence-corrected chi connectivity index (χ2v) is 9.26. The molecule has 0 aliphatic carbocycles. The van der Waals surface area contributed by atoms with E-state index in [4.69, 9.17) is 9.47 Å². The molecule has 7 nitrogen and oxygen atoms in total. The molecule has 0 saturated carbocycles. The van der Waals surface area contributed by atoms with E-state index >= 15 is 0 Å². The molecule has 1 atom stereocenters. The van der Waals surface area contributed by atoms with Crippen molar-refractivity contribution in [2.24, 2.45) is 5.92 Å². The van der Waals surface area contributed by atoms with Crippen LogP contribution in [0.3, 0.4) is 0 Å². The predicted molar refractivity (Wildman–Crippen MR) is 135 cm³/mol. The highest BCUT2D eigenvalue weighted by atomic mass is 16.5. The van der Waals surface area contributed by atoms with Crippen LogP contribution in [0.2, 0.25) is 0 Å². The molecular weight excluding hydrogens is 446 g/mol. The molecule has 2 rings (SSSR count). The van der Waals surface area contributed by atoms with Gasteiger partial charge < -0.3 is 24.6 Å². The summed E-state index contributed by atoms with van der Waals surface area (Å²) in [6.45, 7) is 5.29. The van der Waals surface area contributed by atoms with Crippen molar-refractivity contribution in [3.8, 4) is 0 Å². The van der Waals surface area contributed by atoms with E-state index in [1.54, 1.807) is 18.2 Å². The van der Waals surface area contributed by atoms with Gasteiger partial charge in [0.1, 0.15) is 0 Å². The monoisotopic (exact) mass is 485 g/mol. The molecule has 0 amide bonds. The zero-order valence-corrected chi connectivity index (χ0v) is 21.5. The maximum Gasteiger partial charge on any atom is 0.337 e. The summed E-state index contributed by atoms with van der Waals surface area (Å²) in [6, 6.07) is 12.9. The quantitative estimate of drug-likeness (QED) is 0.419. The van der Waals surface area contributed by atoms with Crippen molar-refractivity contribution < 1.29 is 29.3 Å². The van der Waals surface area contributed by atoms with Crippen molar-refractivity contribution in [2.75, 3.05) is 34.4 Å². The third-order valence-corrected chi connectivity index (χ3v) is 6.87. The summed E-state index contributed by atoms with van der Waals surface area (Å²) in [5.41, 5.74) is 2.89. The first-order valence-electron chi connectivity index (χ1n) is 12.0. The highest BCUT2D eigenvalue weighted by Crippen LogP contribution is 2.39. The van der Waals surface area contributed by atoms with E-state index < -0.39 is 5.41 Å². The Morgan fingerprint density at radius 3 is 2.14 bits per heavy atom. The molecule has 192 valence electrons. The van der Waals surface area contributed by atoms with E-state index in [0.717, 1.165) is 37.1 Å². The van der Waals surface area contributed by atoms with Gasteiger partial charge in [-0.1, -0.05) is 44.2 Å². The Bertz CT molecular complexity index is 972. The van der Waals surface area contributed by atoms with Crippen molar-refractivity contribution in [3.63, 3.8) is 0 Å². The molecule has 0 heterocycles. The van der Waals surface area contributed by atoms with Gasteiger partial charge in [0.25, 0.3) is 0 Å². The third-order valence-electron chi connectivity index (χ3n) is 6.87. The lowest BCUT2D eigenvalue weighted by Gasteiger charge is -2.36. The third kappa shape index (κ3) is 6.90. The average molecular weight is 486 g/mol. The van der Waals surface area contributed by atoms with Crippen molar-refractivity contribution in [2.45, 2.75) is 51.7 Å². The molecule has 0 saturated heterocycles. The zero-order chi connectivity index (χ0) is 26.0. The Labute approximate surface area is 208 Å². The Balaban J connectivity index is 2.09. The number of hydrogen-bond donors (Lipinski definition) is 2. The van der Waals surface area contributed by atoms with Crippen LogP contribution in [0.1, 0.15) is 59.3 Å². The van der Waals surface area contributed by atoms with Gasteiger partial charge in [-0.25, -0.2) is 4.79 Å². The first-order valence-corrected chi connectivity index (χ1v) is 12.0. The lowest BCUT2D eigenvalue weighted by Crippen LogP contribution is -2.42. The highest BCUT2D eigenvalue weighted by molar-refractivity contribution is 5.89. The Morgan fingerprint density at radius 2 is 1.60 bits per heavy atom. The molecule has 0 aliphatic rings. The van der Waals surface area contributed by atoms with Crippen LogP contribution in [-0.2, 0) is 39.3 Å². The second-order valence-electron chi connectivity index (χ2n) is 9.26. The maximum absolute atomic E-state index is 13.1. The van der Waals surface area contributed by atoms with Gasteiger partial charge in [-0.2, -0.15) is 0 Å².